The number of fused-ring (bicyclic) bond motifs is 1. The van der Waals surface area contributed by atoms with Gasteiger partial charge in [0.2, 0.25) is 0 Å². The number of hydrazine groups is 1. The van der Waals surface area contributed by atoms with Gasteiger partial charge < -0.3 is 0 Å². The second-order valence-corrected chi connectivity index (χ2v) is 5.43. The van der Waals surface area contributed by atoms with Gasteiger partial charge in [-0.1, -0.05) is 19.1 Å². The summed E-state index contributed by atoms with van der Waals surface area (Å²) in [5.74, 6) is 7.16. The number of nitrogens with two attached hydrogens (primary N) is 1. The van der Waals surface area contributed by atoms with E-state index in [1.807, 2.05) is 6.92 Å². The Bertz CT molecular complexity index is 579. The minimum absolute atomic E-state index is 0.269. The van der Waals surface area contributed by atoms with Crippen molar-refractivity contribution in [2.75, 3.05) is 0 Å². The average Bonchev–Trinajstić information content (AvgIpc) is 3.07. The van der Waals surface area contributed by atoms with E-state index < -0.39 is 0 Å². The molecule has 3 nitrogen and oxygen atoms in total. The molecule has 1 aliphatic rings. The molecule has 1 fully saturated rings. The van der Waals surface area contributed by atoms with Gasteiger partial charge in [0.05, 0.1) is 5.52 Å². The maximum Gasteiger partial charge on any atom is 0.0705 e. The van der Waals surface area contributed by atoms with Crippen LogP contribution in [0, 0.1) is 18.8 Å². The molecule has 0 bridgehead atoms. The maximum absolute atomic E-state index is 5.71. The van der Waals surface area contributed by atoms with Gasteiger partial charge in [-0.3, -0.25) is 16.3 Å². The molecule has 18 heavy (non-hydrogen) atoms. The first-order chi connectivity index (χ1) is 8.69. The van der Waals surface area contributed by atoms with Gasteiger partial charge in [-0.2, -0.15) is 0 Å². The summed E-state index contributed by atoms with van der Waals surface area (Å²) >= 11 is 0. The fourth-order valence-electron chi connectivity index (χ4n) is 2.72. The van der Waals surface area contributed by atoms with E-state index in [1.165, 1.54) is 17.4 Å². The van der Waals surface area contributed by atoms with Crippen LogP contribution in [0.1, 0.15) is 30.6 Å². The lowest BCUT2D eigenvalue weighted by Crippen LogP contribution is -2.29. The predicted molar refractivity (Wildman–Crippen MR) is 73.8 cm³/mol. The van der Waals surface area contributed by atoms with E-state index in [0.717, 1.165) is 17.1 Å². The van der Waals surface area contributed by atoms with Gasteiger partial charge in [-0.25, -0.2) is 0 Å². The summed E-state index contributed by atoms with van der Waals surface area (Å²) < 4.78 is 0. The van der Waals surface area contributed by atoms with E-state index >= 15 is 0 Å². The summed E-state index contributed by atoms with van der Waals surface area (Å²) in [6.07, 6.45) is 1.26. The molecule has 0 aliphatic heterocycles. The molecule has 3 heteroatoms. The summed E-state index contributed by atoms with van der Waals surface area (Å²) in [4.78, 5) is 4.53. The molecule has 0 saturated heterocycles. The Labute approximate surface area is 107 Å². The summed E-state index contributed by atoms with van der Waals surface area (Å²) in [6.45, 7) is 4.30. The van der Waals surface area contributed by atoms with E-state index in [2.05, 4.69) is 47.7 Å². The number of aromatic nitrogens is 1. The number of nitrogens with zero attached hydrogens (tertiary/aromatic N) is 1. The monoisotopic (exact) mass is 241 g/mol. The Morgan fingerprint density at radius 2 is 2.11 bits per heavy atom. The van der Waals surface area contributed by atoms with Crippen LogP contribution < -0.4 is 11.3 Å². The van der Waals surface area contributed by atoms with Crippen molar-refractivity contribution in [3.05, 3.63) is 41.6 Å². The predicted octanol–water partition coefficient (Wildman–Crippen LogP) is 2.70. The van der Waals surface area contributed by atoms with Crippen molar-refractivity contribution < 1.29 is 0 Å². The van der Waals surface area contributed by atoms with Crippen LogP contribution in [0.25, 0.3) is 10.9 Å². The number of nitrogens with one attached hydrogen (secondary N) is 1. The highest BCUT2D eigenvalue weighted by molar-refractivity contribution is 5.79. The Kier molecular flexibility index (Phi) is 2.80. The Balaban J connectivity index is 1.99. The van der Waals surface area contributed by atoms with Gasteiger partial charge in [-0.05, 0) is 48.9 Å². The number of aryl methyl sites for hydroxylation is 1. The molecule has 1 aromatic heterocycles. The van der Waals surface area contributed by atoms with Gasteiger partial charge in [0.15, 0.2) is 0 Å². The first-order valence-electron chi connectivity index (χ1n) is 6.52. The molecule has 2 aromatic rings. The van der Waals surface area contributed by atoms with Crippen LogP contribution in [0.5, 0.6) is 0 Å². The van der Waals surface area contributed by atoms with E-state index in [-0.39, 0.29) is 6.04 Å². The molecule has 3 rings (SSSR count). The third kappa shape index (κ3) is 2.00. The molecule has 1 aromatic carbocycles. The SMILES string of the molecule is Cc1ccc2cc(C(NN)C3CC3C)ccc2n1. The van der Waals surface area contributed by atoms with Gasteiger partial charge in [0.25, 0.3) is 0 Å². The fraction of sp³-hybridized carbons (Fsp3) is 0.400. The lowest BCUT2D eigenvalue weighted by molar-refractivity contribution is 0.476. The summed E-state index contributed by atoms with van der Waals surface area (Å²) in [5, 5.41) is 1.19. The standard InChI is InChI=1S/C15H19N3/c1-9-7-13(9)15(18-16)12-5-6-14-11(8-12)4-3-10(2)17-14/h3-6,8-9,13,15,18H,7,16H2,1-2H3. The van der Waals surface area contributed by atoms with Crippen LogP contribution in [-0.2, 0) is 0 Å². The Morgan fingerprint density at radius 1 is 1.33 bits per heavy atom. The number of pyridine rings is 1. The highest BCUT2D eigenvalue weighted by Gasteiger charge is 2.39. The largest absolute Gasteiger partial charge is 0.271 e. The number of rotatable bonds is 3. The Hall–Kier alpha value is -1.45. The van der Waals surface area contributed by atoms with Gasteiger partial charge in [-0.15, -0.1) is 0 Å². The summed E-state index contributed by atoms with van der Waals surface area (Å²) in [7, 11) is 0. The lowest BCUT2D eigenvalue weighted by atomic mass is 10.00. The molecule has 1 aliphatic carbocycles. The first-order valence-corrected chi connectivity index (χ1v) is 6.52. The number of hydrogen-bond donors (Lipinski definition) is 2. The highest BCUT2D eigenvalue weighted by Crippen LogP contribution is 2.46. The Morgan fingerprint density at radius 3 is 2.78 bits per heavy atom. The van der Waals surface area contributed by atoms with Crippen molar-refractivity contribution >= 4 is 10.9 Å². The van der Waals surface area contributed by atoms with E-state index in [9.17, 15) is 0 Å². The second-order valence-electron chi connectivity index (χ2n) is 5.43. The van der Waals surface area contributed by atoms with Crippen LogP contribution in [-0.4, -0.2) is 4.98 Å². The summed E-state index contributed by atoms with van der Waals surface area (Å²) in [6, 6.07) is 10.9. The van der Waals surface area contributed by atoms with Crippen LogP contribution in [0.15, 0.2) is 30.3 Å². The summed E-state index contributed by atoms with van der Waals surface area (Å²) in [5.41, 5.74) is 6.34. The molecular weight excluding hydrogens is 222 g/mol. The van der Waals surface area contributed by atoms with Crippen molar-refractivity contribution in [2.45, 2.75) is 26.3 Å². The average molecular weight is 241 g/mol. The van der Waals surface area contributed by atoms with Crippen LogP contribution >= 0.6 is 0 Å². The lowest BCUT2D eigenvalue weighted by Gasteiger charge is -2.16. The molecule has 3 N–H and O–H groups in total. The third-order valence-corrected chi connectivity index (χ3v) is 3.99. The van der Waals surface area contributed by atoms with Gasteiger partial charge in [0.1, 0.15) is 0 Å². The molecule has 0 radical (unpaired) electrons. The van der Waals surface area contributed by atoms with Crippen LogP contribution in [0.2, 0.25) is 0 Å². The van der Waals surface area contributed by atoms with Crippen molar-refractivity contribution in [2.24, 2.45) is 17.7 Å². The molecule has 1 saturated carbocycles. The molecule has 94 valence electrons. The molecule has 1 heterocycles. The smallest absolute Gasteiger partial charge is 0.0705 e. The zero-order chi connectivity index (χ0) is 12.7. The molecule has 0 amide bonds. The van der Waals surface area contributed by atoms with E-state index in [4.69, 9.17) is 5.84 Å². The number of benzene rings is 1. The van der Waals surface area contributed by atoms with Crippen LogP contribution in [0.4, 0.5) is 0 Å². The highest BCUT2D eigenvalue weighted by atomic mass is 15.2. The zero-order valence-electron chi connectivity index (χ0n) is 10.9. The topological polar surface area (TPSA) is 50.9 Å². The van der Waals surface area contributed by atoms with Gasteiger partial charge >= 0.3 is 0 Å². The fourth-order valence-corrected chi connectivity index (χ4v) is 2.72. The van der Waals surface area contributed by atoms with E-state index in [1.54, 1.807) is 0 Å². The number of hydrogen-bond acceptors (Lipinski definition) is 3. The third-order valence-electron chi connectivity index (χ3n) is 3.99. The molecule has 0 spiro atoms. The van der Waals surface area contributed by atoms with Crippen LogP contribution in [0.3, 0.4) is 0 Å². The second kappa shape index (κ2) is 4.34. The quantitative estimate of drug-likeness (QED) is 0.641. The van der Waals surface area contributed by atoms with Gasteiger partial charge in [0, 0.05) is 17.1 Å². The minimum Gasteiger partial charge on any atom is -0.271 e. The maximum atomic E-state index is 5.71. The molecular formula is C15H19N3. The van der Waals surface area contributed by atoms with E-state index in [0.29, 0.717) is 5.92 Å². The minimum atomic E-state index is 0.269. The first kappa shape index (κ1) is 11.6. The molecule has 3 atom stereocenters. The zero-order valence-corrected chi connectivity index (χ0v) is 10.9. The van der Waals surface area contributed by atoms with Crippen molar-refractivity contribution in [3.63, 3.8) is 0 Å². The van der Waals surface area contributed by atoms with Crippen molar-refractivity contribution in [1.82, 2.24) is 10.4 Å². The van der Waals surface area contributed by atoms with Crippen molar-refractivity contribution in [1.29, 1.82) is 0 Å². The normalized spacial score (nSPS) is 24.2. The molecule has 3 unspecified atom stereocenters. The van der Waals surface area contributed by atoms with Crippen molar-refractivity contribution in [3.8, 4) is 0 Å².